The Hall–Kier alpha value is -3.15. The Balaban J connectivity index is 1.29. The molecule has 0 spiro atoms. The van der Waals surface area contributed by atoms with Crippen LogP contribution in [0.1, 0.15) is 48.2 Å². The summed E-state index contributed by atoms with van der Waals surface area (Å²) in [5.41, 5.74) is 1.38. The van der Waals surface area contributed by atoms with Crippen molar-refractivity contribution in [2.75, 3.05) is 0 Å². The highest BCUT2D eigenvalue weighted by atomic mass is 19.1. The van der Waals surface area contributed by atoms with Gasteiger partial charge in [-0.3, -0.25) is 9.59 Å². The zero-order valence-corrected chi connectivity index (χ0v) is 17.1. The largest absolute Gasteiger partial charge is 0.299 e. The van der Waals surface area contributed by atoms with Crippen LogP contribution in [0.3, 0.4) is 0 Å². The summed E-state index contributed by atoms with van der Waals surface area (Å²) in [5, 5.41) is 4.35. The van der Waals surface area contributed by atoms with E-state index >= 15 is 0 Å². The molecule has 160 valence electrons. The third-order valence-corrected chi connectivity index (χ3v) is 6.02. The molecule has 0 bridgehead atoms. The standard InChI is InChI=1S/C25H24F2N2O2/c26-20-5-3-4-19(15-20)24(30)14-17-8-10-18(11-9-17)25(31)16-21-12-13-29(28-21)23-7-2-1-6-22(23)27/h1-7,12-13,15,17-18H,8-11,14,16H2. The number of nitrogens with zero attached hydrogens (tertiary/aromatic N) is 2. The molecule has 1 heterocycles. The van der Waals surface area contributed by atoms with Gasteiger partial charge in [0.15, 0.2) is 5.78 Å². The number of carbonyl (C=O) groups is 2. The summed E-state index contributed by atoms with van der Waals surface area (Å²) in [4.78, 5) is 25.1. The molecule has 4 nitrogen and oxygen atoms in total. The van der Waals surface area contributed by atoms with Crippen molar-refractivity contribution in [3.63, 3.8) is 0 Å². The van der Waals surface area contributed by atoms with Gasteiger partial charge in [0.2, 0.25) is 0 Å². The van der Waals surface area contributed by atoms with Gasteiger partial charge in [0.25, 0.3) is 0 Å². The Bertz CT molecular complexity index is 1080. The molecule has 0 radical (unpaired) electrons. The first-order valence-electron chi connectivity index (χ1n) is 10.6. The third-order valence-electron chi connectivity index (χ3n) is 6.02. The molecular formula is C25H24F2N2O2. The SMILES string of the molecule is O=C(CC1CCC(C(=O)Cc2ccn(-c3ccccc3F)n2)CC1)c1cccc(F)c1. The molecule has 31 heavy (non-hydrogen) atoms. The monoisotopic (exact) mass is 422 g/mol. The van der Waals surface area contributed by atoms with Crippen LogP contribution in [0.15, 0.2) is 60.8 Å². The molecule has 0 saturated heterocycles. The number of para-hydroxylation sites is 1. The lowest BCUT2D eigenvalue weighted by Crippen LogP contribution is -2.24. The summed E-state index contributed by atoms with van der Waals surface area (Å²) in [5.74, 6) is -0.506. The van der Waals surface area contributed by atoms with E-state index in [-0.39, 0.29) is 35.6 Å². The van der Waals surface area contributed by atoms with Crippen LogP contribution in [0.25, 0.3) is 5.69 Å². The zero-order valence-electron chi connectivity index (χ0n) is 17.1. The summed E-state index contributed by atoms with van der Waals surface area (Å²) >= 11 is 0. The van der Waals surface area contributed by atoms with Crippen molar-refractivity contribution < 1.29 is 18.4 Å². The van der Waals surface area contributed by atoms with Crippen molar-refractivity contribution in [1.82, 2.24) is 9.78 Å². The molecule has 3 aromatic rings. The second-order valence-electron chi connectivity index (χ2n) is 8.20. The molecule has 1 aromatic heterocycles. The van der Waals surface area contributed by atoms with Crippen molar-refractivity contribution >= 4 is 11.6 Å². The van der Waals surface area contributed by atoms with Crippen molar-refractivity contribution in [3.8, 4) is 5.69 Å². The first-order chi connectivity index (χ1) is 15.0. The highest BCUT2D eigenvalue weighted by Crippen LogP contribution is 2.32. The van der Waals surface area contributed by atoms with Crippen molar-refractivity contribution in [1.29, 1.82) is 0 Å². The topological polar surface area (TPSA) is 52.0 Å². The molecule has 2 aromatic carbocycles. The Morgan fingerprint density at radius 3 is 2.48 bits per heavy atom. The predicted octanol–water partition coefficient (Wildman–Crippen LogP) is 5.34. The van der Waals surface area contributed by atoms with E-state index in [4.69, 9.17) is 0 Å². The second-order valence-corrected chi connectivity index (χ2v) is 8.20. The summed E-state index contributed by atoms with van der Waals surface area (Å²) in [6, 6.07) is 13.9. The molecule has 1 aliphatic rings. The Labute approximate surface area is 179 Å². The number of benzene rings is 2. The molecule has 0 N–H and O–H groups in total. The molecule has 1 aliphatic carbocycles. The molecule has 0 amide bonds. The number of halogens is 2. The lowest BCUT2D eigenvalue weighted by molar-refractivity contribution is -0.123. The molecule has 1 fully saturated rings. The number of Topliss-reactive ketones (excluding diaryl/α,β-unsaturated/α-hetero) is 2. The first kappa shape index (κ1) is 21.1. The van der Waals surface area contributed by atoms with Gasteiger partial charge >= 0.3 is 0 Å². The molecule has 4 rings (SSSR count). The first-order valence-corrected chi connectivity index (χ1v) is 10.6. The quantitative estimate of drug-likeness (QED) is 0.483. The van der Waals surface area contributed by atoms with Gasteiger partial charge in [0.05, 0.1) is 12.1 Å². The van der Waals surface area contributed by atoms with Crippen molar-refractivity contribution in [3.05, 3.63) is 83.7 Å². The van der Waals surface area contributed by atoms with Gasteiger partial charge in [-0.25, -0.2) is 13.5 Å². The van der Waals surface area contributed by atoms with E-state index in [9.17, 15) is 18.4 Å². The minimum absolute atomic E-state index is 0.0425. The fraction of sp³-hybridized carbons (Fsp3) is 0.320. The minimum atomic E-state index is -0.405. The molecule has 1 saturated carbocycles. The Kier molecular flexibility index (Phi) is 6.35. The zero-order chi connectivity index (χ0) is 21.8. The normalized spacial score (nSPS) is 18.6. The van der Waals surface area contributed by atoms with Gasteiger partial charge in [-0.05, 0) is 61.9 Å². The predicted molar refractivity (Wildman–Crippen MR) is 113 cm³/mol. The van der Waals surface area contributed by atoms with Gasteiger partial charge in [0.1, 0.15) is 23.1 Å². The molecule has 0 unspecified atom stereocenters. The van der Waals surface area contributed by atoms with Crippen LogP contribution in [0.5, 0.6) is 0 Å². The van der Waals surface area contributed by atoms with Crippen LogP contribution in [0.4, 0.5) is 8.78 Å². The van der Waals surface area contributed by atoms with Gasteiger partial charge < -0.3 is 0 Å². The van der Waals surface area contributed by atoms with E-state index < -0.39 is 5.82 Å². The van der Waals surface area contributed by atoms with Gasteiger partial charge in [0, 0.05) is 24.1 Å². The van der Waals surface area contributed by atoms with E-state index in [2.05, 4.69) is 5.10 Å². The third kappa shape index (κ3) is 5.13. The van der Waals surface area contributed by atoms with Crippen LogP contribution < -0.4 is 0 Å². The number of rotatable bonds is 7. The summed E-state index contributed by atoms with van der Waals surface area (Å²) in [7, 11) is 0. The van der Waals surface area contributed by atoms with E-state index in [0.29, 0.717) is 23.4 Å². The van der Waals surface area contributed by atoms with Crippen LogP contribution >= 0.6 is 0 Å². The Morgan fingerprint density at radius 2 is 1.74 bits per heavy atom. The van der Waals surface area contributed by atoms with E-state index in [1.165, 1.54) is 22.9 Å². The summed E-state index contributed by atoms with van der Waals surface area (Å²) in [6.07, 6.45) is 5.37. The fourth-order valence-electron chi connectivity index (χ4n) is 4.28. The molecule has 0 aliphatic heterocycles. The van der Waals surface area contributed by atoms with Gasteiger partial charge in [-0.1, -0.05) is 24.3 Å². The maximum absolute atomic E-state index is 13.9. The average molecular weight is 422 g/mol. The highest BCUT2D eigenvalue weighted by Gasteiger charge is 2.28. The lowest BCUT2D eigenvalue weighted by atomic mass is 9.77. The van der Waals surface area contributed by atoms with Crippen molar-refractivity contribution in [2.45, 2.75) is 38.5 Å². The Morgan fingerprint density at radius 1 is 0.968 bits per heavy atom. The van der Waals surface area contributed by atoms with Crippen molar-refractivity contribution in [2.24, 2.45) is 11.8 Å². The summed E-state index contributed by atoms with van der Waals surface area (Å²) < 4.78 is 28.7. The minimum Gasteiger partial charge on any atom is -0.299 e. The number of ketones is 2. The maximum atomic E-state index is 13.9. The van der Waals surface area contributed by atoms with E-state index in [1.54, 1.807) is 42.6 Å². The van der Waals surface area contributed by atoms with Crippen LogP contribution in [0, 0.1) is 23.5 Å². The maximum Gasteiger partial charge on any atom is 0.163 e. The highest BCUT2D eigenvalue weighted by molar-refractivity contribution is 5.96. The second kappa shape index (κ2) is 9.33. The lowest BCUT2D eigenvalue weighted by Gasteiger charge is -2.27. The molecule has 0 atom stereocenters. The van der Waals surface area contributed by atoms with Gasteiger partial charge in [-0.2, -0.15) is 5.10 Å². The summed E-state index contributed by atoms with van der Waals surface area (Å²) in [6.45, 7) is 0. The van der Waals surface area contributed by atoms with E-state index in [0.717, 1.165) is 25.7 Å². The number of aromatic nitrogens is 2. The van der Waals surface area contributed by atoms with Gasteiger partial charge in [-0.15, -0.1) is 0 Å². The van der Waals surface area contributed by atoms with Crippen LogP contribution in [-0.2, 0) is 11.2 Å². The van der Waals surface area contributed by atoms with E-state index in [1.807, 2.05) is 0 Å². The fourth-order valence-corrected chi connectivity index (χ4v) is 4.28. The smallest absolute Gasteiger partial charge is 0.163 e. The van der Waals surface area contributed by atoms with Crippen LogP contribution in [-0.4, -0.2) is 21.3 Å². The average Bonchev–Trinajstić information content (AvgIpc) is 3.22. The number of hydrogen-bond acceptors (Lipinski definition) is 3. The number of carbonyl (C=O) groups excluding carboxylic acids is 2. The molecule has 6 heteroatoms. The molecular weight excluding hydrogens is 398 g/mol. The number of hydrogen-bond donors (Lipinski definition) is 0. The van der Waals surface area contributed by atoms with Crippen LogP contribution in [0.2, 0.25) is 0 Å².